The summed E-state index contributed by atoms with van der Waals surface area (Å²) in [7, 11) is 0. The molecule has 1 rings (SSSR count). The number of carbonyl (C=O) groups is 1. The highest BCUT2D eigenvalue weighted by atomic mass is 19.4. The van der Waals surface area contributed by atoms with Crippen LogP contribution in [0, 0.1) is 25.2 Å². The second kappa shape index (κ2) is 6.48. The highest BCUT2D eigenvalue weighted by molar-refractivity contribution is 5.98. The number of aromatic nitrogens is 1. The minimum Gasteiger partial charge on any atom is -0.462 e. The third kappa shape index (κ3) is 4.38. The molecule has 0 atom stereocenters. The molecular formula is C14H15F3N2O2. The normalized spacial score (nSPS) is 12.1. The smallest absolute Gasteiger partial charge is 0.406 e. The van der Waals surface area contributed by atoms with E-state index in [1.54, 1.807) is 13.0 Å². The monoisotopic (exact) mass is 300 g/mol. The molecule has 1 aromatic heterocycles. The van der Waals surface area contributed by atoms with Crippen molar-refractivity contribution in [1.29, 1.82) is 5.26 Å². The molecular weight excluding hydrogens is 285 g/mol. The van der Waals surface area contributed by atoms with Crippen LogP contribution < -0.4 is 0 Å². The van der Waals surface area contributed by atoms with Gasteiger partial charge in [-0.25, -0.2) is 4.79 Å². The first kappa shape index (κ1) is 16.8. The Kier molecular flexibility index (Phi) is 5.19. The number of carbonyl (C=O) groups excluding carboxylic acids is 1. The first-order chi connectivity index (χ1) is 9.69. The van der Waals surface area contributed by atoms with E-state index in [0.29, 0.717) is 17.0 Å². The third-order valence-corrected chi connectivity index (χ3v) is 2.87. The van der Waals surface area contributed by atoms with E-state index < -0.39 is 18.7 Å². The van der Waals surface area contributed by atoms with Gasteiger partial charge in [0.25, 0.3) is 0 Å². The SMILES string of the molecule is CCOC(=O)C(C#N)=Cc1cc(C)n(CC(F)(F)F)c1C. The molecule has 0 bridgehead atoms. The van der Waals surface area contributed by atoms with Gasteiger partial charge in [-0.1, -0.05) is 0 Å². The lowest BCUT2D eigenvalue weighted by atomic mass is 10.1. The summed E-state index contributed by atoms with van der Waals surface area (Å²) >= 11 is 0. The molecule has 0 aliphatic heterocycles. The molecule has 0 amide bonds. The molecule has 0 aliphatic carbocycles. The number of rotatable bonds is 4. The Bertz CT molecular complexity index is 607. The molecule has 7 heteroatoms. The van der Waals surface area contributed by atoms with Gasteiger partial charge in [0, 0.05) is 11.4 Å². The molecule has 0 saturated heterocycles. The van der Waals surface area contributed by atoms with Crippen molar-refractivity contribution >= 4 is 12.0 Å². The molecule has 0 saturated carbocycles. The van der Waals surface area contributed by atoms with E-state index in [0.717, 1.165) is 4.57 Å². The Morgan fingerprint density at radius 3 is 2.57 bits per heavy atom. The van der Waals surface area contributed by atoms with Crippen molar-refractivity contribution in [1.82, 2.24) is 4.57 Å². The minimum atomic E-state index is -4.34. The zero-order chi connectivity index (χ0) is 16.2. The summed E-state index contributed by atoms with van der Waals surface area (Å²) in [6.45, 7) is 3.64. The largest absolute Gasteiger partial charge is 0.462 e. The van der Waals surface area contributed by atoms with Crippen molar-refractivity contribution in [2.24, 2.45) is 0 Å². The maximum Gasteiger partial charge on any atom is 0.406 e. The quantitative estimate of drug-likeness (QED) is 0.487. The van der Waals surface area contributed by atoms with Crippen LogP contribution in [-0.2, 0) is 16.1 Å². The number of ether oxygens (including phenoxy) is 1. The van der Waals surface area contributed by atoms with Crippen LogP contribution in [0.3, 0.4) is 0 Å². The number of esters is 1. The lowest BCUT2D eigenvalue weighted by Crippen LogP contribution is -2.19. The maximum atomic E-state index is 12.5. The summed E-state index contributed by atoms with van der Waals surface area (Å²) in [6, 6.07) is 3.19. The van der Waals surface area contributed by atoms with Gasteiger partial charge >= 0.3 is 12.1 Å². The predicted octanol–water partition coefficient (Wildman–Crippen LogP) is 3.14. The molecule has 0 radical (unpaired) electrons. The molecule has 0 N–H and O–H groups in total. The van der Waals surface area contributed by atoms with Gasteiger partial charge in [0.15, 0.2) is 0 Å². The molecule has 21 heavy (non-hydrogen) atoms. The Balaban J connectivity index is 3.19. The van der Waals surface area contributed by atoms with E-state index in [4.69, 9.17) is 10.00 Å². The molecule has 114 valence electrons. The van der Waals surface area contributed by atoms with Gasteiger partial charge in [-0.15, -0.1) is 0 Å². The van der Waals surface area contributed by atoms with Crippen molar-refractivity contribution in [2.75, 3.05) is 6.61 Å². The number of aryl methyl sites for hydroxylation is 1. The molecule has 0 aromatic carbocycles. The Morgan fingerprint density at radius 2 is 2.10 bits per heavy atom. The summed E-state index contributed by atoms with van der Waals surface area (Å²) in [4.78, 5) is 11.5. The average molecular weight is 300 g/mol. The van der Waals surface area contributed by atoms with Crippen molar-refractivity contribution < 1.29 is 22.7 Å². The molecule has 0 aliphatic rings. The Morgan fingerprint density at radius 1 is 1.48 bits per heavy atom. The highest BCUT2D eigenvalue weighted by Crippen LogP contribution is 2.24. The van der Waals surface area contributed by atoms with Crippen LogP contribution in [0.15, 0.2) is 11.6 Å². The Hall–Kier alpha value is -2.23. The fraction of sp³-hybridized carbons (Fsp3) is 0.429. The molecule has 1 heterocycles. The zero-order valence-electron chi connectivity index (χ0n) is 11.9. The maximum absolute atomic E-state index is 12.5. The van der Waals surface area contributed by atoms with Crippen molar-refractivity contribution in [3.8, 4) is 6.07 Å². The summed E-state index contributed by atoms with van der Waals surface area (Å²) in [5.74, 6) is -0.791. The fourth-order valence-electron chi connectivity index (χ4n) is 1.90. The van der Waals surface area contributed by atoms with E-state index in [1.807, 2.05) is 0 Å². The predicted molar refractivity (Wildman–Crippen MR) is 70.2 cm³/mol. The lowest BCUT2D eigenvalue weighted by Gasteiger charge is -2.12. The number of hydrogen-bond donors (Lipinski definition) is 0. The lowest BCUT2D eigenvalue weighted by molar-refractivity contribution is -0.141. The number of halogens is 3. The van der Waals surface area contributed by atoms with Crippen LogP contribution in [0.25, 0.3) is 6.08 Å². The molecule has 1 aromatic rings. The van der Waals surface area contributed by atoms with Gasteiger partial charge in [0.1, 0.15) is 18.2 Å². The third-order valence-electron chi connectivity index (χ3n) is 2.87. The summed E-state index contributed by atoms with van der Waals surface area (Å²) < 4.78 is 43.3. The van der Waals surface area contributed by atoms with Gasteiger partial charge in [0.05, 0.1) is 6.61 Å². The summed E-state index contributed by atoms with van der Waals surface area (Å²) in [5.41, 5.74) is 0.879. The number of nitriles is 1. The van der Waals surface area contributed by atoms with E-state index in [1.165, 1.54) is 26.0 Å². The fourth-order valence-corrected chi connectivity index (χ4v) is 1.90. The van der Waals surface area contributed by atoms with Crippen LogP contribution in [0.5, 0.6) is 0 Å². The second-order valence-electron chi connectivity index (χ2n) is 4.42. The van der Waals surface area contributed by atoms with Crippen LogP contribution >= 0.6 is 0 Å². The average Bonchev–Trinajstić information content (AvgIpc) is 2.62. The number of nitrogens with zero attached hydrogens (tertiary/aromatic N) is 2. The summed E-state index contributed by atoms with van der Waals surface area (Å²) in [6.07, 6.45) is -3.10. The van der Waals surface area contributed by atoms with E-state index in [9.17, 15) is 18.0 Å². The van der Waals surface area contributed by atoms with Crippen molar-refractivity contribution in [3.63, 3.8) is 0 Å². The van der Waals surface area contributed by atoms with Gasteiger partial charge in [-0.3, -0.25) is 0 Å². The second-order valence-corrected chi connectivity index (χ2v) is 4.42. The van der Waals surface area contributed by atoms with Gasteiger partial charge < -0.3 is 9.30 Å². The van der Waals surface area contributed by atoms with Gasteiger partial charge in [-0.05, 0) is 38.5 Å². The number of hydrogen-bond acceptors (Lipinski definition) is 3. The molecule has 0 spiro atoms. The summed E-state index contributed by atoms with van der Waals surface area (Å²) in [5, 5.41) is 8.93. The van der Waals surface area contributed by atoms with Crippen LogP contribution in [0.2, 0.25) is 0 Å². The topological polar surface area (TPSA) is 55.0 Å². The van der Waals surface area contributed by atoms with Gasteiger partial charge in [-0.2, -0.15) is 18.4 Å². The van der Waals surface area contributed by atoms with Crippen molar-refractivity contribution in [2.45, 2.75) is 33.5 Å². The standard InChI is InChI=1S/C14H15F3N2O2/c1-4-21-13(20)12(7-18)6-11-5-9(2)19(10(11)3)8-14(15,16)17/h5-6H,4,8H2,1-3H3. The zero-order valence-corrected chi connectivity index (χ0v) is 11.9. The molecule has 4 nitrogen and oxygen atoms in total. The van der Waals surface area contributed by atoms with Crippen LogP contribution in [0.1, 0.15) is 23.9 Å². The van der Waals surface area contributed by atoms with Crippen molar-refractivity contribution in [3.05, 3.63) is 28.6 Å². The van der Waals surface area contributed by atoms with E-state index in [2.05, 4.69) is 0 Å². The Labute approximate surface area is 120 Å². The minimum absolute atomic E-state index is 0.116. The molecule has 0 unspecified atom stereocenters. The van der Waals surface area contributed by atoms with Gasteiger partial charge in [0.2, 0.25) is 0 Å². The van der Waals surface area contributed by atoms with E-state index >= 15 is 0 Å². The molecule has 0 fully saturated rings. The first-order valence-electron chi connectivity index (χ1n) is 6.22. The first-order valence-corrected chi connectivity index (χ1v) is 6.22. The number of alkyl halides is 3. The van der Waals surface area contributed by atoms with Crippen LogP contribution in [0.4, 0.5) is 13.2 Å². The highest BCUT2D eigenvalue weighted by Gasteiger charge is 2.29. The van der Waals surface area contributed by atoms with Crippen LogP contribution in [-0.4, -0.2) is 23.3 Å². The van der Waals surface area contributed by atoms with E-state index in [-0.39, 0.29) is 12.2 Å².